The predicted octanol–water partition coefficient (Wildman–Crippen LogP) is 4.05. The Morgan fingerprint density at radius 3 is 2.73 bits per heavy atom. The Morgan fingerprint density at radius 1 is 1.32 bits per heavy atom. The smallest absolute Gasteiger partial charge is 0.307 e. The maximum atomic E-state index is 11.1. The first-order valence-electron chi connectivity index (χ1n) is 6.72. The Kier molecular flexibility index (Phi) is 3.85. The number of fused-ring (bicyclic) bond motifs is 1. The van der Waals surface area contributed by atoms with Gasteiger partial charge in [-0.3, -0.25) is 4.79 Å². The first kappa shape index (κ1) is 14.9. The van der Waals surface area contributed by atoms with Crippen molar-refractivity contribution in [2.75, 3.05) is 0 Å². The molecule has 3 aromatic rings. The number of hydrogen-bond donors (Lipinski definition) is 2. The number of carbonyl (C=O) groups is 1. The number of benzene rings is 1. The monoisotopic (exact) mass is 335 g/mol. The van der Waals surface area contributed by atoms with Gasteiger partial charge >= 0.3 is 5.97 Å². The third-order valence-corrected chi connectivity index (χ3v) is 4.92. The van der Waals surface area contributed by atoms with Gasteiger partial charge in [0.1, 0.15) is 5.75 Å². The van der Waals surface area contributed by atoms with Crippen LogP contribution in [0.4, 0.5) is 0 Å². The van der Waals surface area contributed by atoms with Crippen LogP contribution in [0.5, 0.6) is 5.75 Å². The highest BCUT2D eigenvalue weighted by Crippen LogP contribution is 2.31. The van der Waals surface area contributed by atoms with Crippen LogP contribution in [0.15, 0.2) is 30.3 Å². The lowest BCUT2D eigenvalue weighted by Crippen LogP contribution is -2.04. The van der Waals surface area contributed by atoms with Crippen molar-refractivity contribution < 1.29 is 15.0 Å². The minimum absolute atomic E-state index is 0.0655. The van der Waals surface area contributed by atoms with Crippen LogP contribution in [0.25, 0.3) is 10.9 Å². The van der Waals surface area contributed by atoms with E-state index in [4.69, 9.17) is 16.7 Å². The second-order valence-corrected chi connectivity index (χ2v) is 6.93. The van der Waals surface area contributed by atoms with Crippen molar-refractivity contribution in [1.82, 2.24) is 4.57 Å². The molecule has 2 aromatic heterocycles. The topological polar surface area (TPSA) is 62.5 Å². The van der Waals surface area contributed by atoms with E-state index in [0.29, 0.717) is 6.54 Å². The maximum Gasteiger partial charge on any atom is 0.307 e. The number of aliphatic carboxylic acids is 1. The van der Waals surface area contributed by atoms with E-state index in [-0.39, 0.29) is 12.2 Å². The Labute approximate surface area is 136 Å². The number of carboxylic acids is 1. The highest BCUT2D eigenvalue weighted by Gasteiger charge is 2.17. The highest BCUT2D eigenvalue weighted by atomic mass is 35.5. The molecule has 0 amide bonds. The lowest BCUT2D eigenvalue weighted by atomic mass is 10.1. The fourth-order valence-corrected chi connectivity index (χ4v) is 3.79. The fraction of sp³-hybridized carbons (Fsp3) is 0.188. The molecule has 2 heterocycles. The number of rotatable bonds is 4. The second-order valence-electron chi connectivity index (χ2n) is 5.13. The van der Waals surface area contributed by atoms with Gasteiger partial charge in [0.05, 0.1) is 17.3 Å². The Hall–Kier alpha value is -1.98. The van der Waals surface area contributed by atoms with E-state index >= 15 is 0 Å². The number of phenolic OH excluding ortho intramolecular Hbond substituents is 1. The second kappa shape index (κ2) is 5.66. The summed E-state index contributed by atoms with van der Waals surface area (Å²) in [5.41, 5.74) is 2.55. The molecular formula is C16H14ClNO3S. The highest BCUT2D eigenvalue weighted by molar-refractivity contribution is 7.16. The Bertz CT molecular complexity index is 866. The van der Waals surface area contributed by atoms with Crippen LogP contribution < -0.4 is 0 Å². The number of halogens is 1. The number of nitrogens with zero attached hydrogens (tertiary/aromatic N) is 1. The van der Waals surface area contributed by atoms with Gasteiger partial charge in [-0.25, -0.2) is 0 Å². The zero-order chi connectivity index (χ0) is 15.9. The summed E-state index contributed by atoms with van der Waals surface area (Å²) in [4.78, 5) is 12.2. The quantitative estimate of drug-likeness (QED) is 0.756. The van der Waals surface area contributed by atoms with Crippen molar-refractivity contribution in [1.29, 1.82) is 0 Å². The molecule has 0 saturated heterocycles. The van der Waals surface area contributed by atoms with Crippen molar-refractivity contribution in [3.8, 4) is 5.75 Å². The van der Waals surface area contributed by atoms with Crippen LogP contribution in [0.3, 0.4) is 0 Å². The summed E-state index contributed by atoms with van der Waals surface area (Å²) < 4.78 is 2.79. The molecule has 1 aromatic carbocycles. The first-order chi connectivity index (χ1) is 10.5. The average Bonchev–Trinajstić information content (AvgIpc) is 2.96. The van der Waals surface area contributed by atoms with Crippen LogP contribution in [-0.2, 0) is 17.8 Å². The molecule has 0 spiro atoms. The summed E-state index contributed by atoms with van der Waals surface area (Å²) >= 11 is 7.48. The Morgan fingerprint density at radius 2 is 2.09 bits per heavy atom. The molecular weight excluding hydrogens is 322 g/mol. The van der Waals surface area contributed by atoms with Crippen molar-refractivity contribution in [2.24, 2.45) is 0 Å². The number of thiophene rings is 1. The molecule has 0 unspecified atom stereocenters. The largest absolute Gasteiger partial charge is 0.508 e. The van der Waals surface area contributed by atoms with Crippen molar-refractivity contribution in [2.45, 2.75) is 19.9 Å². The molecule has 4 nitrogen and oxygen atoms in total. The van der Waals surface area contributed by atoms with Crippen LogP contribution in [-0.4, -0.2) is 20.7 Å². The van der Waals surface area contributed by atoms with E-state index in [9.17, 15) is 9.90 Å². The third kappa shape index (κ3) is 2.69. The van der Waals surface area contributed by atoms with Gasteiger partial charge in [0, 0.05) is 21.5 Å². The third-order valence-electron chi connectivity index (χ3n) is 3.71. The van der Waals surface area contributed by atoms with Gasteiger partial charge in [-0.15, -0.1) is 11.3 Å². The summed E-state index contributed by atoms with van der Waals surface area (Å²) in [6, 6.07) is 8.88. The normalized spacial score (nSPS) is 11.2. The number of aromatic hydroxyl groups is 1. The minimum Gasteiger partial charge on any atom is -0.508 e. The zero-order valence-corrected chi connectivity index (χ0v) is 13.4. The lowest BCUT2D eigenvalue weighted by molar-refractivity contribution is -0.136. The molecule has 0 saturated carbocycles. The number of carboxylic acid groups (broad SMARTS) is 1. The molecule has 0 bridgehead atoms. The molecule has 6 heteroatoms. The van der Waals surface area contributed by atoms with E-state index in [2.05, 4.69) is 4.57 Å². The van der Waals surface area contributed by atoms with E-state index in [1.807, 2.05) is 25.1 Å². The van der Waals surface area contributed by atoms with Gasteiger partial charge in [0.2, 0.25) is 0 Å². The summed E-state index contributed by atoms with van der Waals surface area (Å²) in [5.74, 6) is -0.750. The average molecular weight is 336 g/mol. The SMILES string of the molecule is Cc1c(CC(=O)O)c2cc(O)ccc2n1Cc1ccc(Cl)s1. The molecule has 0 aliphatic rings. The van der Waals surface area contributed by atoms with Crippen LogP contribution in [0.1, 0.15) is 16.1 Å². The van der Waals surface area contributed by atoms with Crippen LogP contribution >= 0.6 is 22.9 Å². The summed E-state index contributed by atoms with van der Waals surface area (Å²) in [6.45, 7) is 2.54. The van der Waals surface area contributed by atoms with Crippen molar-refractivity contribution >= 4 is 39.8 Å². The van der Waals surface area contributed by atoms with Crippen LogP contribution in [0.2, 0.25) is 4.34 Å². The molecule has 0 aliphatic carbocycles. The standard InChI is InChI=1S/C16H14ClNO3S/c1-9-12(7-16(20)21)13-6-10(19)2-4-14(13)18(9)8-11-3-5-15(17)22-11/h2-6,19H,7-8H2,1H3,(H,20,21). The number of phenols is 1. The van der Waals surface area contributed by atoms with Gasteiger partial charge < -0.3 is 14.8 Å². The van der Waals surface area contributed by atoms with Gasteiger partial charge in [-0.1, -0.05) is 11.6 Å². The summed E-state index contributed by atoms with van der Waals surface area (Å²) in [6.07, 6.45) is -0.0655. The number of aromatic nitrogens is 1. The predicted molar refractivity (Wildman–Crippen MR) is 88.1 cm³/mol. The zero-order valence-electron chi connectivity index (χ0n) is 11.8. The van der Waals surface area contributed by atoms with E-state index in [0.717, 1.165) is 31.4 Å². The maximum absolute atomic E-state index is 11.1. The molecule has 0 aliphatic heterocycles. The minimum atomic E-state index is -0.885. The van der Waals surface area contributed by atoms with Gasteiger partial charge in [0.15, 0.2) is 0 Å². The molecule has 0 atom stereocenters. The molecule has 0 fully saturated rings. The lowest BCUT2D eigenvalue weighted by Gasteiger charge is -2.07. The summed E-state index contributed by atoms with van der Waals surface area (Å²) in [5, 5.41) is 19.6. The van der Waals surface area contributed by atoms with Crippen LogP contribution in [0, 0.1) is 6.92 Å². The van der Waals surface area contributed by atoms with E-state index in [1.165, 1.54) is 11.3 Å². The molecule has 3 rings (SSSR count). The van der Waals surface area contributed by atoms with E-state index < -0.39 is 5.97 Å². The van der Waals surface area contributed by atoms with Crippen molar-refractivity contribution in [3.05, 3.63) is 50.8 Å². The van der Waals surface area contributed by atoms with Gasteiger partial charge in [0.25, 0.3) is 0 Å². The van der Waals surface area contributed by atoms with Gasteiger partial charge in [-0.2, -0.15) is 0 Å². The Balaban J connectivity index is 2.16. The number of hydrogen-bond acceptors (Lipinski definition) is 3. The molecule has 22 heavy (non-hydrogen) atoms. The van der Waals surface area contributed by atoms with Crippen molar-refractivity contribution in [3.63, 3.8) is 0 Å². The van der Waals surface area contributed by atoms with Gasteiger partial charge in [-0.05, 0) is 42.8 Å². The van der Waals surface area contributed by atoms with E-state index in [1.54, 1.807) is 12.1 Å². The molecule has 114 valence electrons. The first-order valence-corrected chi connectivity index (χ1v) is 7.92. The summed E-state index contributed by atoms with van der Waals surface area (Å²) in [7, 11) is 0. The fourth-order valence-electron chi connectivity index (χ4n) is 2.71. The molecule has 2 N–H and O–H groups in total. The molecule has 0 radical (unpaired) electrons.